The minimum absolute atomic E-state index is 0.0661. The maximum Gasteiger partial charge on any atom is 0.310 e. The fraction of sp³-hybridized carbons (Fsp3) is 0.440. The molecule has 0 radical (unpaired) electrons. The van der Waals surface area contributed by atoms with E-state index in [4.69, 9.17) is 9.47 Å². The van der Waals surface area contributed by atoms with Crippen LogP contribution in [0.15, 0.2) is 48.5 Å². The SMILES string of the molecule is CC(C)(C)c1ccc(Oc2ccc(NC(=O)[C@@H]3[C@H]4C[C@H]5[C@H](OC(=O)[C@H]53)[C@@H]4Br)cc2)cc1. The van der Waals surface area contributed by atoms with E-state index in [2.05, 4.69) is 54.2 Å². The van der Waals surface area contributed by atoms with Crippen LogP contribution in [0.2, 0.25) is 0 Å². The Labute approximate surface area is 190 Å². The summed E-state index contributed by atoms with van der Waals surface area (Å²) >= 11 is 3.65. The van der Waals surface area contributed by atoms with Gasteiger partial charge in [0.2, 0.25) is 5.91 Å². The summed E-state index contributed by atoms with van der Waals surface area (Å²) in [5.41, 5.74) is 2.04. The predicted molar refractivity (Wildman–Crippen MR) is 121 cm³/mol. The molecule has 5 rings (SSSR count). The van der Waals surface area contributed by atoms with Gasteiger partial charge in [0, 0.05) is 11.6 Å². The molecule has 5 nitrogen and oxygen atoms in total. The molecule has 3 aliphatic rings. The molecule has 2 aromatic rings. The summed E-state index contributed by atoms with van der Waals surface area (Å²) in [6, 6.07) is 15.4. The Hall–Kier alpha value is -2.34. The van der Waals surface area contributed by atoms with Crippen molar-refractivity contribution in [3.63, 3.8) is 0 Å². The Morgan fingerprint density at radius 2 is 1.65 bits per heavy atom. The Balaban J connectivity index is 1.24. The van der Waals surface area contributed by atoms with E-state index in [1.54, 1.807) is 0 Å². The molecule has 3 fully saturated rings. The Bertz CT molecular complexity index is 1010. The molecule has 1 N–H and O–H groups in total. The highest BCUT2D eigenvalue weighted by molar-refractivity contribution is 9.09. The first-order valence-corrected chi connectivity index (χ1v) is 11.7. The number of ether oxygens (including phenoxy) is 2. The largest absolute Gasteiger partial charge is 0.461 e. The highest BCUT2D eigenvalue weighted by atomic mass is 79.9. The van der Waals surface area contributed by atoms with E-state index in [-0.39, 0.29) is 51.9 Å². The van der Waals surface area contributed by atoms with Crippen LogP contribution >= 0.6 is 15.9 Å². The average Bonchev–Trinajstić information content (AvgIpc) is 3.33. The summed E-state index contributed by atoms with van der Waals surface area (Å²) in [6.07, 6.45) is 0.802. The number of nitrogens with one attached hydrogen (secondary N) is 1. The standard InChI is InChI=1S/C25H26BrNO4/c1-25(2,3)13-4-8-15(9-5-13)30-16-10-6-14(7-11-16)27-23(28)19-17-12-18-20(19)24(29)31-22(18)21(17)26/h4-11,17-22H,12H2,1-3H3,(H,27,28)/t17-,18-,19-,20-,21-,22+/m1/s1. The molecule has 2 bridgehead atoms. The third-order valence-electron chi connectivity index (χ3n) is 6.90. The first-order chi connectivity index (χ1) is 14.7. The fourth-order valence-electron chi connectivity index (χ4n) is 5.32. The number of carbonyl (C=O) groups is 2. The molecule has 162 valence electrons. The van der Waals surface area contributed by atoms with E-state index >= 15 is 0 Å². The van der Waals surface area contributed by atoms with Crippen LogP contribution in [-0.2, 0) is 19.7 Å². The van der Waals surface area contributed by atoms with Gasteiger partial charge in [-0.15, -0.1) is 0 Å². The van der Waals surface area contributed by atoms with Crippen molar-refractivity contribution in [2.75, 3.05) is 5.32 Å². The van der Waals surface area contributed by atoms with Crippen molar-refractivity contribution in [3.05, 3.63) is 54.1 Å². The van der Waals surface area contributed by atoms with Crippen LogP contribution < -0.4 is 10.1 Å². The Kier molecular flexibility index (Phi) is 4.88. The van der Waals surface area contributed by atoms with Crippen LogP contribution in [0.1, 0.15) is 32.8 Å². The van der Waals surface area contributed by atoms with Gasteiger partial charge in [0.25, 0.3) is 0 Å². The number of alkyl halides is 1. The smallest absolute Gasteiger partial charge is 0.310 e. The van der Waals surface area contributed by atoms with Gasteiger partial charge in [-0.05, 0) is 59.7 Å². The van der Waals surface area contributed by atoms with Gasteiger partial charge in [-0.3, -0.25) is 9.59 Å². The summed E-state index contributed by atoms with van der Waals surface area (Å²) in [7, 11) is 0. The van der Waals surface area contributed by atoms with Gasteiger partial charge >= 0.3 is 5.97 Å². The maximum absolute atomic E-state index is 13.0. The zero-order valence-corrected chi connectivity index (χ0v) is 19.4. The topological polar surface area (TPSA) is 64.6 Å². The van der Waals surface area contributed by atoms with E-state index in [1.807, 2.05) is 36.4 Å². The number of amides is 1. The molecule has 2 aliphatic carbocycles. The normalized spacial score (nSPS) is 30.9. The summed E-state index contributed by atoms with van der Waals surface area (Å²) in [6.45, 7) is 6.54. The molecule has 1 aliphatic heterocycles. The zero-order chi connectivity index (χ0) is 21.9. The number of fused-ring (bicyclic) bond motifs is 1. The summed E-state index contributed by atoms with van der Waals surface area (Å²) < 4.78 is 11.4. The molecule has 2 aromatic carbocycles. The van der Waals surface area contributed by atoms with Gasteiger partial charge in [-0.25, -0.2) is 0 Å². The Morgan fingerprint density at radius 1 is 1.03 bits per heavy atom. The molecule has 0 unspecified atom stereocenters. The number of rotatable bonds is 4. The van der Waals surface area contributed by atoms with Crippen molar-refractivity contribution >= 4 is 33.5 Å². The summed E-state index contributed by atoms with van der Waals surface area (Å²) in [5.74, 6) is 0.809. The molecular formula is C25H26BrNO4. The van der Waals surface area contributed by atoms with E-state index in [1.165, 1.54) is 5.56 Å². The molecular weight excluding hydrogens is 458 g/mol. The second-order valence-electron chi connectivity index (χ2n) is 9.85. The third-order valence-corrected chi connectivity index (χ3v) is 8.10. The van der Waals surface area contributed by atoms with E-state index in [9.17, 15) is 9.59 Å². The van der Waals surface area contributed by atoms with Crippen LogP contribution in [0.3, 0.4) is 0 Å². The second-order valence-corrected chi connectivity index (χ2v) is 10.9. The number of carbonyl (C=O) groups excluding carboxylic acids is 2. The van der Waals surface area contributed by atoms with Crippen LogP contribution in [-0.4, -0.2) is 22.8 Å². The molecule has 0 aromatic heterocycles. The van der Waals surface area contributed by atoms with Gasteiger partial charge in [0.1, 0.15) is 17.6 Å². The predicted octanol–water partition coefficient (Wildman–Crippen LogP) is 5.29. The Morgan fingerprint density at radius 3 is 2.26 bits per heavy atom. The second kappa shape index (κ2) is 7.37. The fourth-order valence-corrected chi connectivity index (χ4v) is 6.37. The highest BCUT2D eigenvalue weighted by Crippen LogP contribution is 2.60. The number of anilines is 1. The van der Waals surface area contributed by atoms with Gasteiger partial charge in [0.15, 0.2) is 0 Å². The van der Waals surface area contributed by atoms with Crippen molar-refractivity contribution in [3.8, 4) is 11.5 Å². The molecule has 6 heteroatoms. The van der Waals surface area contributed by atoms with Gasteiger partial charge in [-0.2, -0.15) is 0 Å². The number of hydrogen-bond donors (Lipinski definition) is 1. The minimum Gasteiger partial charge on any atom is -0.461 e. The van der Waals surface area contributed by atoms with Crippen molar-refractivity contribution in [1.82, 2.24) is 0 Å². The lowest BCUT2D eigenvalue weighted by Crippen LogP contribution is -2.40. The number of esters is 1. The monoisotopic (exact) mass is 483 g/mol. The minimum atomic E-state index is -0.335. The summed E-state index contributed by atoms with van der Waals surface area (Å²) in [4.78, 5) is 25.3. The molecule has 6 atom stereocenters. The highest BCUT2D eigenvalue weighted by Gasteiger charge is 2.67. The molecule has 31 heavy (non-hydrogen) atoms. The van der Waals surface area contributed by atoms with Crippen LogP contribution in [0.4, 0.5) is 5.69 Å². The number of halogens is 1. The van der Waals surface area contributed by atoms with Crippen molar-refractivity contribution in [2.24, 2.45) is 23.7 Å². The molecule has 1 heterocycles. The average molecular weight is 484 g/mol. The quantitative estimate of drug-likeness (QED) is 0.474. The lowest BCUT2D eigenvalue weighted by Gasteiger charge is -2.27. The first-order valence-electron chi connectivity index (χ1n) is 10.8. The third kappa shape index (κ3) is 3.55. The maximum atomic E-state index is 13.0. The lowest BCUT2D eigenvalue weighted by atomic mass is 9.79. The van der Waals surface area contributed by atoms with Crippen LogP contribution in [0.25, 0.3) is 0 Å². The molecule has 2 saturated carbocycles. The van der Waals surface area contributed by atoms with Crippen LogP contribution in [0, 0.1) is 23.7 Å². The van der Waals surface area contributed by atoms with E-state index < -0.39 is 0 Å². The van der Waals surface area contributed by atoms with E-state index in [0.29, 0.717) is 11.4 Å². The van der Waals surface area contributed by atoms with Crippen molar-refractivity contribution in [1.29, 1.82) is 0 Å². The van der Waals surface area contributed by atoms with Gasteiger partial charge in [-0.1, -0.05) is 48.8 Å². The van der Waals surface area contributed by atoms with Crippen molar-refractivity contribution < 1.29 is 19.1 Å². The van der Waals surface area contributed by atoms with Crippen molar-refractivity contribution in [2.45, 2.75) is 43.5 Å². The number of benzene rings is 2. The molecule has 0 spiro atoms. The first kappa shape index (κ1) is 20.6. The van der Waals surface area contributed by atoms with Gasteiger partial charge < -0.3 is 14.8 Å². The van der Waals surface area contributed by atoms with E-state index in [0.717, 1.165) is 12.2 Å². The molecule has 1 saturated heterocycles. The summed E-state index contributed by atoms with van der Waals surface area (Å²) in [5, 5.41) is 2.98. The van der Waals surface area contributed by atoms with Gasteiger partial charge in [0.05, 0.1) is 16.7 Å². The zero-order valence-electron chi connectivity index (χ0n) is 17.8. The van der Waals surface area contributed by atoms with Crippen LogP contribution in [0.5, 0.6) is 11.5 Å². The molecule has 1 amide bonds. The number of hydrogen-bond acceptors (Lipinski definition) is 4. The lowest BCUT2D eigenvalue weighted by molar-refractivity contribution is -0.145.